The number of sulfonamides is 1. The maximum Gasteiger partial charge on any atom is 0.266 e. The highest BCUT2D eigenvalue weighted by molar-refractivity contribution is 7.93. The van der Waals surface area contributed by atoms with Crippen LogP contribution in [0.1, 0.15) is 19.3 Å². The van der Waals surface area contributed by atoms with E-state index in [1.54, 1.807) is 41.9 Å². The van der Waals surface area contributed by atoms with Crippen LogP contribution >= 0.6 is 11.3 Å². The van der Waals surface area contributed by atoms with E-state index in [-0.39, 0.29) is 11.0 Å². The lowest BCUT2D eigenvalue weighted by Gasteiger charge is -2.29. The Morgan fingerprint density at radius 3 is 2.73 bits per heavy atom. The van der Waals surface area contributed by atoms with E-state index in [1.807, 2.05) is 0 Å². The van der Waals surface area contributed by atoms with Crippen LogP contribution in [0.15, 0.2) is 46.8 Å². The molecule has 0 saturated carbocycles. The highest BCUT2D eigenvalue weighted by Gasteiger charge is 2.30. The third kappa shape index (κ3) is 3.31. The van der Waals surface area contributed by atoms with Gasteiger partial charge in [0.25, 0.3) is 10.0 Å². The zero-order valence-corrected chi connectivity index (χ0v) is 13.7. The Balaban J connectivity index is 1.91. The van der Waals surface area contributed by atoms with E-state index in [0.717, 1.165) is 19.3 Å². The molecule has 2 heterocycles. The molecule has 2 aromatic rings. The first kappa shape index (κ1) is 15.5. The summed E-state index contributed by atoms with van der Waals surface area (Å²) in [4.78, 5) is 4.46. The summed E-state index contributed by atoms with van der Waals surface area (Å²) in [7, 11) is -3.62. The largest absolute Gasteiger partial charge is 0.376 e. The fourth-order valence-electron chi connectivity index (χ4n) is 2.47. The summed E-state index contributed by atoms with van der Waals surface area (Å²) in [5.74, 6) is 0. The molecular formula is C15H18N2O3S2. The van der Waals surface area contributed by atoms with Crippen molar-refractivity contribution in [2.24, 2.45) is 0 Å². The molecule has 1 aromatic heterocycles. The van der Waals surface area contributed by atoms with E-state index in [0.29, 0.717) is 18.3 Å². The lowest BCUT2D eigenvalue weighted by Crippen LogP contribution is -2.39. The molecule has 0 radical (unpaired) electrons. The Morgan fingerprint density at radius 1 is 1.27 bits per heavy atom. The van der Waals surface area contributed by atoms with Crippen molar-refractivity contribution in [1.29, 1.82) is 0 Å². The molecule has 0 amide bonds. The van der Waals surface area contributed by atoms with Crippen LogP contribution in [-0.2, 0) is 14.8 Å². The number of ether oxygens (including phenoxy) is 1. The molecule has 1 saturated heterocycles. The number of rotatable bonds is 5. The van der Waals surface area contributed by atoms with Crippen molar-refractivity contribution in [2.75, 3.05) is 17.5 Å². The number of nitrogens with zero attached hydrogens (tertiary/aromatic N) is 2. The van der Waals surface area contributed by atoms with E-state index in [9.17, 15) is 8.42 Å². The molecule has 1 atom stereocenters. The van der Waals surface area contributed by atoms with Gasteiger partial charge in [-0.15, -0.1) is 11.3 Å². The van der Waals surface area contributed by atoms with E-state index in [2.05, 4.69) is 4.98 Å². The highest BCUT2D eigenvalue weighted by Crippen LogP contribution is 2.27. The van der Waals surface area contributed by atoms with Gasteiger partial charge in [0, 0.05) is 18.2 Å². The maximum absolute atomic E-state index is 12.9. The summed E-state index contributed by atoms with van der Waals surface area (Å²) < 4.78 is 33.0. The van der Waals surface area contributed by atoms with E-state index < -0.39 is 10.0 Å². The standard InChI is InChI=1S/C15H18N2O3S2/c18-22(19,14-7-2-1-3-8-14)17(15-16-9-11-21-15)12-13-6-4-5-10-20-13/h1-3,7-9,11,13H,4-6,10,12H2/t13-/m0/s1. The number of hydrogen-bond donors (Lipinski definition) is 0. The van der Waals surface area contributed by atoms with Crippen LogP contribution in [0, 0.1) is 0 Å². The molecule has 0 spiro atoms. The first-order valence-corrected chi connectivity index (χ1v) is 9.59. The Morgan fingerprint density at radius 2 is 2.09 bits per heavy atom. The SMILES string of the molecule is O=S(=O)(c1ccccc1)N(C[C@@H]1CCCCO1)c1nccs1. The zero-order valence-electron chi connectivity index (χ0n) is 12.1. The summed E-state index contributed by atoms with van der Waals surface area (Å²) in [6.45, 7) is 1.01. The Labute approximate surface area is 134 Å². The smallest absolute Gasteiger partial charge is 0.266 e. The van der Waals surface area contributed by atoms with Gasteiger partial charge in [-0.1, -0.05) is 18.2 Å². The predicted molar refractivity (Wildman–Crippen MR) is 86.7 cm³/mol. The van der Waals surface area contributed by atoms with Gasteiger partial charge in [-0.25, -0.2) is 17.7 Å². The molecular weight excluding hydrogens is 320 g/mol. The summed E-state index contributed by atoms with van der Waals surface area (Å²) in [6.07, 6.45) is 4.54. The third-order valence-electron chi connectivity index (χ3n) is 3.61. The van der Waals surface area contributed by atoms with Crippen molar-refractivity contribution in [1.82, 2.24) is 4.98 Å². The first-order valence-electron chi connectivity index (χ1n) is 7.27. The molecule has 0 aliphatic carbocycles. The van der Waals surface area contributed by atoms with Crippen LogP contribution in [0.2, 0.25) is 0 Å². The zero-order chi connectivity index (χ0) is 15.4. The normalized spacial score (nSPS) is 19.0. The van der Waals surface area contributed by atoms with Crippen LogP contribution < -0.4 is 4.31 Å². The average molecular weight is 338 g/mol. The average Bonchev–Trinajstić information content (AvgIpc) is 3.08. The van der Waals surface area contributed by atoms with Gasteiger partial charge in [-0.05, 0) is 31.4 Å². The van der Waals surface area contributed by atoms with Crippen LogP contribution in [0.3, 0.4) is 0 Å². The highest BCUT2D eigenvalue weighted by atomic mass is 32.2. The predicted octanol–water partition coefficient (Wildman–Crippen LogP) is 2.91. The van der Waals surface area contributed by atoms with E-state index in [4.69, 9.17) is 4.74 Å². The second kappa shape index (κ2) is 6.76. The number of anilines is 1. The first-order chi connectivity index (χ1) is 10.7. The number of aromatic nitrogens is 1. The van der Waals surface area contributed by atoms with Gasteiger partial charge in [0.15, 0.2) is 5.13 Å². The van der Waals surface area contributed by atoms with Gasteiger partial charge >= 0.3 is 0 Å². The van der Waals surface area contributed by atoms with Crippen LogP contribution in [0.4, 0.5) is 5.13 Å². The van der Waals surface area contributed by atoms with E-state index in [1.165, 1.54) is 15.6 Å². The molecule has 3 rings (SSSR count). The lowest BCUT2D eigenvalue weighted by atomic mass is 10.1. The second-order valence-electron chi connectivity index (χ2n) is 5.15. The van der Waals surface area contributed by atoms with Gasteiger partial charge in [0.2, 0.25) is 0 Å². The van der Waals surface area contributed by atoms with Crippen LogP contribution in [0.5, 0.6) is 0 Å². The molecule has 1 aromatic carbocycles. The second-order valence-corrected chi connectivity index (χ2v) is 7.89. The third-order valence-corrected chi connectivity index (χ3v) is 6.29. The van der Waals surface area contributed by atoms with Crippen LogP contribution in [-0.4, -0.2) is 32.7 Å². The summed E-state index contributed by atoms with van der Waals surface area (Å²) in [5.41, 5.74) is 0. The summed E-state index contributed by atoms with van der Waals surface area (Å²) in [6, 6.07) is 8.47. The van der Waals surface area contributed by atoms with Gasteiger partial charge in [-0.2, -0.15) is 0 Å². The Kier molecular flexibility index (Phi) is 4.75. The number of hydrogen-bond acceptors (Lipinski definition) is 5. The molecule has 22 heavy (non-hydrogen) atoms. The number of benzene rings is 1. The van der Waals surface area contributed by atoms with Crippen molar-refractivity contribution < 1.29 is 13.2 Å². The molecule has 118 valence electrons. The monoisotopic (exact) mass is 338 g/mol. The van der Waals surface area contributed by atoms with Crippen LogP contribution in [0.25, 0.3) is 0 Å². The van der Waals surface area contributed by atoms with Crippen molar-refractivity contribution in [3.8, 4) is 0 Å². The molecule has 1 aliphatic rings. The fraction of sp³-hybridized carbons (Fsp3) is 0.400. The quantitative estimate of drug-likeness (QED) is 0.841. The molecule has 0 unspecified atom stereocenters. The van der Waals surface area contributed by atoms with Crippen molar-refractivity contribution in [2.45, 2.75) is 30.3 Å². The summed E-state index contributed by atoms with van der Waals surface area (Å²) in [5, 5.41) is 2.27. The minimum atomic E-state index is -3.62. The maximum atomic E-state index is 12.9. The summed E-state index contributed by atoms with van der Waals surface area (Å²) >= 11 is 1.32. The molecule has 0 bridgehead atoms. The molecule has 5 nitrogen and oxygen atoms in total. The topological polar surface area (TPSA) is 59.5 Å². The van der Waals surface area contributed by atoms with Crippen molar-refractivity contribution >= 4 is 26.5 Å². The van der Waals surface area contributed by atoms with Gasteiger partial charge in [0.1, 0.15) is 0 Å². The van der Waals surface area contributed by atoms with Crippen molar-refractivity contribution in [3.05, 3.63) is 41.9 Å². The Bertz CT molecular complexity index is 681. The molecule has 7 heteroatoms. The fourth-order valence-corrected chi connectivity index (χ4v) is 4.83. The molecule has 1 aliphatic heterocycles. The lowest BCUT2D eigenvalue weighted by molar-refractivity contribution is 0.0228. The van der Waals surface area contributed by atoms with Gasteiger partial charge in [-0.3, -0.25) is 0 Å². The minimum Gasteiger partial charge on any atom is -0.376 e. The molecule has 1 fully saturated rings. The van der Waals surface area contributed by atoms with Crippen molar-refractivity contribution in [3.63, 3.8) is 0 Å². The minimum absolute atomic E-state index is 0.0730. The van der Waals surface area contributed by atoms with Gasteiger partial charge in [0.05, 0.1) is 17.5 Å². The van der Waals surface area contributed by atoms with E-state index >= 15 is 0 Å². The Hall–Kier alpha value is -1.44. The van der Waals surface area contributed by atoms with Gasteiger partial charge < -0.3 is 4.74 Å². The number of thiazole rings is 1. The molecule has 0 N–H and O–H groups in total.